The van der Waals surface area contributed by atoms with Gasteiger partial charge < -0.3 is 10.6 Å². The smallest absolute Gasteiger partial charge is 0.190 e. The van der Waals surface area contributed by atoms with Crippen molar-refractivity contribution in [3.8, 4) is 0 Å². The number of thiazole rings is 1. The molecule has 0 atom stereocenters. The van der Waals surface area contributed by atoms with E-state index in [9.17, 15) is 0 Å². The van der Waals surface area contributed by atoms with Gasteiger partial charge in [-0.1, -0.05) is 26.2 Å². The summed E-state index contributed by atoms with van der Waals surface area (Å²) in [6.45, 7) is 6.35. The third-order valence-corrected chi connectivity index (χ3v) is 5.60. The summed E-state index contributed by atoms with van der Waals surface area (Å²) in [7, 11) is 1.84. The lowest BCUT2D eigenvalue weighted by molar-refractivity contribution is 0.269. The van der Waals surface area contributed by atoms with Crippen molar-refractivity contribution in [1.29, 1.82) is 0 Å². The van der Waals surface area contributed by atoms with Crippen LogP contribution in [-0.2, 0) is 6.42 Å². The molecule has 1 aromatic heterocycles. The minimum atomic E-state index is 0.808. The van der Waals surface area contributed by atoms with Crippen LogP contribution in [0, 0.1) is 18.8 Å². The monoisotopic (exact) mass is 322 g/mol. The average molecular weight is 323 g/mol. The summed E-state index contributed by atoms with van der Waals surface area (Å²) in [4.78, 5) is 9.99. The molecular weight excluding hydrogens is 292 g/mol. The zero-order chi connectivity index (χ0) is 15.8. The summed E-state index contributed by atoms with van der Waals surface area (Å²) < 4.78 is 0. The Morgan fingerprint density at radius 1 is 1.27 bits per heavy atom. The van der Waals surface area contributed by atoms with Crippen LogP contribution >= 0.6 is 11.3 Å². The second-order valence-corrected chi connectivity index (χ2v) is 7.61. The van der Waals surface area contributed by atoms with E-state index in [1.165, 1.54) is 42.0 Å². The maximum absolute atomic E-state index is 4.39. The third-order valence-electron chi connectivity index (χ3n) is 4.63. The molecule has 1 saturated carbocycles. The lowest BCUT2D eigenvalue weighted by Crippen LogP contribution is -2.41. The Labute approximate surface area is 138 Å². The molecule has 22 heavy (non-hydrogen) atoms. The van der Waals surface area contributed by atoms with Gasteiger partial charge in [0.25, 0.3) is 0 Å². The quantitative estimate of drug-likeness (QED) is 0.623. The molecular formula is C17H30N4S. The number of aryl methyl sites for hydroxylation is 1. The molecule has 0 amide bonds. The van der Waals surface area contributed by atoms with Crippen LogP contribution < -0.4 is 10.6 Å². The van der Waals surface area contributed by atoms with E-state index in [0.717, 1.165) is 37.3 Å². The number of nitrogens with zero attached hydrogens (tertiary/aromatic N) is 2. The Bertz CT molecular complexity index is 461. The predicted octanol–water partition coefficient (Wildman–Crippen LogP) is 3.38. The molecule has 2 rings (SSSR count). The predicted molar refractivity (Wildman–Crippen MR) is 95.7 cm³/mol. The fourth-order valence-electron chi connectivity index (χ4n) is 3.11. The topological polar surface area (TPSA) is 49.3 Å². The molecule has 4 nitrogen and oxygen atoms in total. The molecule has 1 aromatic rings. The number of guanidine groups is 1. The van der Waals surface area contributed by atoms with Crippen molar-refractivity contribution in [1.82, 2.24) is 15.6 Å². The van der Waals surface area contributed by atoms with E-state index in [4.69, 9.17) is 0 Å². The van der Waals surface area contributed by atoms with Gasteiger partial charge >= 0.3 is 0 Å². The molecule has 124 valence electrons. The molecule has 1 heterocycles. The van der Waals surface area contributed by atoms with Crippen molar-refractivity contribution in [2.24, 2.45) is 16.8 Å². The number of aromatic nitrogens is 1. The summed E-state index contributed by atoms with van der Waals surface area (Å²) in [5, 5.41) is 8.07. The lowest BCUT2D eigenvalue weighted by Gasteiger charge is -2.28. The molecule has 0 unspecified atom stereocenters. The fraction of sp³-hybridized carbons (Fsp3) is 0.765. The summed E-state index contributed by atoms with van der Waals surface area (Å²) in [5.74, 6) is 2.70. The van der Waals surface area contributed by atoms with Crippen LogP contribution in [0.1, 0.15) is 48.9 Å². The highest BCUT2D eigenvalue weighted by Gasteiger charge is 2.19. The summed E-state index contributed by atoms with van der Waals surface area (Å²) in [6, 6.07) is 0. The van der Waals surface area contributed by atoms with Gasteiger partial charge in [0, 0.05) is 37.6 Å². The van der Waals surface area contributed by atoms with Crippen molar-refractivity contribution in [2.75, 3.05) is 20.1 Å². The van der Waals surface area contributed by atoms with Gasteiger partial charge in [-0.3, -0.25) is 4.99 Å². The van der Waals surface area contributed by atoms with Gasteiger partial charge in [-0.05, 0) is 31.6 Å². The van der Waals surface area contributed by atoms with Crippen molar-refractivity contribution in [3.63, 3.8) is 0 Å². The summed E-state index contributed by atoms with van der Waals surface area (Å²) in [6.07, 6.45) is 9.78. The Hall–Kier alpha value is -1.10. The Balaban J connectivity index is 1.63. The lowest BCUT2D eigenvalue weighted by atomic mass is 9.81. The zero-order valence-electron chi connectivity index (χ0n) is 14.2. The van der Waals surface area contributed by atoms with Crippen LogP contribution in [0.2, 0.25) is 0 Å². The standard InChI is InChI=1S/C17H30N4S/c1-4-14-5-7-15(8-6-14)12-21-17(18-3)19-10-9-16-20-11-13(2)22-16/h11,14-15H,4-10,12H2,1-3H3,(H2,18,19,21). The largest absolute Gasteiger partial charge is 0.356 e. The van der Waals surface area contributed by atoms with Crippen molar-refractivity contribution in [3.05, 3.63) is 16.1 Å². The van der Waals surface area contributed by atoms with Crippen molar-refractivity contribution < 1.29 is 0 Å². The molecule has 0 radical (unpaired) electrons. The SMILES string of the molecule is CCC1CCC(CNC(=NC)NCCc2ncc(C)s2)CC1. The van der Waals surface area contributed by atoms with Gasteiger partial charge in [0.05, 0.1) is 5.01 Å². The van der Waals surface area contributed by atoms with Crippen LogP contribution in [0.4, 0.5) is 0 Å². The Morgan fingerprint density at radius 3 is 2.59 bits per heavy atom. The third kappa shape index (κ3) is 5.59. The zero-order valence-corrected chi connectivity index (χ0v) is 15.0. The van der Waals surface area contributed by atoms with Crippen LogP contribution in [0.25, 0.3) is 0 Å². The van der Waals surface area contributed by atoms with Gasteiger partial charge in [-0.15, -0.1) is 11.3 Å². The van der Waals surface area contributed by atoms with E-state index in [-0.39, 0.29) is 0 Å². The molecule has 0 aromatic carbocycles. The van der Waals surface area contributed by atoms with Gasteiger partial charge in [0.2, 0.25) is 0 Å². The van der Waals surface area contributed by atoms with Crippen LogP contribution in [0.5, 0.6) is 0 Å². The number of hydrogen-bond donors (Lipinski definition) is 2. The first-order valence-electron chi connectivity index (χ1n) is 8.57. The molecule has 2 N–H and O–H groups in total. The first-order valence-corrected chi connectivity index (χ1v) is 9.38. The molecule has 1 aliphatic carbocycles. The normalized spacial score (nSPS) is 22.6. The van der Waals surface area contributed by atoms with Crippen molar-refractivity contribution >= 4 is 17.3 Å². The van der Waals surface area contributed by atoms with Crippen LogP contribution in [-0.4, -0.2) is 31.1 Å². The van der Waals surface area contributed by atoms with Crippen LogP contribution in [0.15, 0.2) is 11.2 Å². The van der Waals surface area contributed by atoms with E-state index in [1.807, 2.05) is 13.2 Å². The molecule has 1 fully saturated rings. The highest BCUT2D eigenvalue weighted by atomic mass is 32.1. The number of nitrogens with one attached hydrogen (secondary N) is 2. The summed E-state index contributed by atoms with van der Waals surface area (Å²) in [5.41, 5.74) is 0. The molecule has 1 aliphatic rings. The Morgan fingerprint density at radius 2 is 2.00 bits per heavy atom. The molecule has 0 bridgehead atoms. The minimum Gasteiger partial charge on any atom is -0.356 e. The molecule has 5 heteroatoms. The van der Waals surface area contributed by atoms with E-state index >= 15 is 0 Å². The van der Waals surface area contributed by atoms with Gasteiger partial charge in [-0.25, -0.2) is 4.98 Å². The molecule has 0 saturated heterocycles. The highest BCUT2D eigenvalue weighted by molar-refractivity contribution is 7.11. The minimum absolute atomic E-state index is 0.808. The van der Waals surface area contributed by atoms with E-state index in [0.29, 0.717) is 0 Å². The first kappa shape index (κ1) is 17.3. The van der Waals surface area contributed by atoms with Gasteiger partial charge in [0.15, 0.2) is 5.96 Å². The maximum Gasteiger partial charge on any atom is 0.190 e. The second kappa shape index (κ2) is 9.13. The fourth-order valence-corrected chi connectivity index (χ4v) is 3.90. The molecule has 0 spiro atoms. The highest BCUT2D eigenvalue weighted by Crippen LogP contribution is 2.29. The van der Waals surface area contributed by atoms with Gasteiger partial charge in [-0.2, -0.15) is 0 Å². The van der Waals surface area contributed by atoms with Crippen molar-refractivity contribution in [2.45, 2.75) is 52.4 Å². The number of aliphatic imine (C=N–C) groups is 1. The average Bonchev–Trinajstić information content (AvgIpc) is 2.96. The second-order valence-electron chi connectivity index (χ2n) is 6.29. The van der Waals surface area contributed by atoms with E-state index in [1.54, 1.807) is 11.3 Å². The van der Waals surface area contributed by atoms with E-state index in [2.05, 4.69) is 34.5 Å². The van der Waals surface area contributed by atoms with E-state index < -0.39 is 0 Å². The number of hydrogen-bond acceptors (Lipinski definition) is 3. The summed E-state index contributed by atoms with van der Waals surface area (Å²) >= 11 is 1.77. The maximum atomic E-state index is 4.39. The molecule has 0 aliphatic heterocycles. The van der Waals surface area contributed by atoms with Gasteiger partial charge in [0.1, 0.15) is 0 Å². The van der Waals surface area contributed by atoms with Crippen LogP contribution in [0.3, 0.4) is 0 Å². The first-order chi connectivity index (χ1) is 10.7. The Kier molecular flexibility index (Phi) is 7.16. The number of rotatable bonds is 6.